The number of rotatable bonds is 3. The average Bonchev–Trinajstić information content (AvgIpc) is 2.78. The van der Waals surface area contributed by atoms with E-state index in [-0.39, 0.29) is 23.2 Å². The molecule has 1 amide bonds. The van der Waals surface area contributed by atoms with Crippen LogP contribution in [-0.4, -0.2) is 28.6 Å². The van der Waals surface area contributed by atoms with Crippen molar-refractivity contribution in [3.05, 3.63) is 52.1 Å². The minimum atomic E-state index is -4.65. The van der Waals surface area contributed by atoms with Gasteiger partial charge in [0.05, 0.1) is 10.3 Å². The number of fused-ring (bicyclic) bond motifs is 1. The summed E-state index contributed by atoms with van der Waals surface area (Å²) < 4.78 is 41.6. The van der Waals surface area contributed by atoms with Gasteiger partial charge < -0.3 is 0 Å². The predicted molar refractivity (Wildman–Crippen MR) is 88.0 cm³/mol. The van der Waals surface area contributed by atoms with Crippen LogP contribution >= 0.6 is 0 Å². The van der Waals surface area contributed by atoms with Crippen LogP contribution in [0.3, 0.4) is 0 Å². The molecule has 2 aromatic carbocycles. The molecule has 0 spiro atoms. The smallest absolute Gasteiger partial charge is 0.287 e. The van der Waals surface area contributed by atoms with Gasteiger partial charge in [0.15, 0.2) is 6.04 Å². The number of benzene rings is 2. The maximum atomic E-state index is 13.9. The lowest BCUT2D eigenvalue weighted by Gasteiger charge is -2.30. The van der Waals surface area contributed by atoms with Crippen molar-refractivity contribution >= 4 is 22.4 Å². The van der Waals surface area contributed by atoms with E-state index < -0.39 is 28.5 Å². The quantitative estimate of drug-likeness (QED) is 0.663. The van der Waals surface area contributed by atoms with Gasteiger partial charge >= 0.3 is 6.18 Å². The van der Waals surface area contributed by atoms with Gasteiger partial charge in [0.2, 0.25) is 5.91 Å². The zero-order valence-corrected chi connectivity index (χ0v) is 14.0. The summed E-state index contributed by atoms with van der Waals surface area (Å²) in [6.45, 7) is 3.03. The highest BCUT2D eigenvalue weighted by molar-refractivity contribution is 5.88. The van der Waals surface area contributed by atoms with E-state index in [9.17, 15) is 28.1 Å². The molecule has 6 nitrogen and oxygen atoms in total. The number of nitrogens with one attached hydrogen (secondary N) is 1. The molecule has 2 aromatic rings. The van der Waals surface area contributed by atoms with E-state index in [1.807, 2.05) is 0 Å². The van der Waals surface area contributed by atoms with E-state index in [4.69, 9.17) is 0 Å². The monoisotopic (exact) mass is 367 g/mol. The van der Waals surface area contributed by atoms with Crippen molar-refractivity contribution in [2.45, 2.75) is 26.1 Å². The third-order valence-electron chi connectivity index (χ3n) is 4.45. The molecule has 1 fully saturated rings. The van der Waals surface area contributed by atoms with Crippen LogP contribution < -0.4 is 5.43 Å². The Hall–Kier alpha value is -2.68. The van der Waals surface area contributed by atoms with Gasteiger partial charge in [-0.2, -0.15) is 13.2 Å². The first-order chi connectivity index (χ1) is 12.0. The molecule has 138 valence electrons. The molecule has 1 N–H and O–H groups in total. The number of halogens is 3. The third kappa shape index (κ3) is 3.10. The summed E-state index contributed by atoms with van der Waals surface area (Å²) >= 11 is 0. The molecule has 1 aliphatic heterocycles. The lowest BCUT2D eigenvalue weighted by Crippen LogP contribution is -2.43. The molecule has 0 saturated carbocycles. The van der Waals surface area contributed by atoms with Gasteiger partial charge in [0.1, 0.15) is 0 Å². The Morgan fingerprint density at radius 2 is 1.96 bits per heavy atom. The summed E-state index contributed by atoms with van der Waals surface area (Å²) in [5, 5.41) is 12.4. The minimum Gasteiger partial charge on any atom is -0.287 e. The Bertz CT molecular complexity index is 896. The van der Waals surface area contributed by atoms with E-state index >= 15 is 0 Å². The van der Waals surface area contributed by atoms with Crippen LogP contribution in [0.25, 0.3) is 10.8 Å². The molecule has 0 radical (unpaired) electrons. The second kappa shape index (κ2) is 5.94. The molecule has 1 saturated heterocycles. The Morgan fingerprint density at radius 3 is 2.50 bits per heavy atom. The van der Waals surface area contributed by atoms with E-state index in [1.54, 1.807) is 13.8 Å². The van der Waals surface area contributed by atoms with Gasteiger partial charge in [-0.25, -0.2) is 5.01 Å². The standard InChI is InChI=1S/C17H16F3N3O3/c1-16(2)9-22(21-15(16)24)14(17(18,19)20)13-5-3-4-10-8-11(23(25)26)6-7-12(10)13/h3-8,14H,9H2,1-2H3,(H,21,24)/t14-/m0/s1. The number of carbonyl (C=O) groups excluding carboxylic acids is 1. The number of hydrazine groups is 1. The van der Waals surface area contributed by atoms with Crippen LogP contribution in [0.5, 0.6) is 0 Å². The second-order valence-electron chi connectivity index (χ2n) is 6.91. The molecule has 0 aliphatic carbocycles. The fraction of sp³-hybridized carbons (Fsp3) is 0.353. The molecule has 1 aliphatic rings. The zero-order valence-electron chi connectivity index (χ0n) is 14.0. The van der Waals surface area contributed by atoms with Gasteiger partial charge in [0, 0.05) is 18.7 Å². The highest BCUT2D eigenvalue weighted by Gasteiger charge is 2.51. The molecule has 1 atom stereocenters. The van der Waals surface area contributed by atoms with Gasteiger partial charge in [-0.1, -0.05) is 18.2 Å². The van der Waals surface area contributed by atoms with Crippen molar-refractivity contribution in [1.82, 2.24) is 10.4 Å². The fourth-order valence-corrected chi connectivity index (χ4v) is 3.14. The molecule has 9 heteroatoms. The Labute approximate surface area is 146 Å². The molecular formula is C17H16F3N3O3. The van der Waals surface area contributed by atoms with Crippen molar-refractivity contribution in [3.63, 3.8) is 0 Å². The maximum Gasteiger partial charge on any atom is 0.409 e. The van der Waals surface area contributed by atoms with Crippen molar-refractivity contribution in [2.75, 3.05) is 6.54 Å². The van der Waals surface area contributed by atoms with Crippen LogP contribution in [0.2, 0.25) is 0 Å². The molecule has 0 aromatic heterocycles. The normalized spacial score (nSPS) is 18.7. The highest BCUT2D eigenvalue weighted by Crippen LogP contribution is 2.43. The third-order valence-corrected chi connectivity index (χ3v) is 4.45. The van der Waals surface area contributed by atoms with Crippen LogP contribution in [0.1, 0.15) is 25.5 Å². The average molecular weight is 367 g/mol. The van der Waals surface area contributed by atoms with Crippen molar-refractivity contribution in [1.29, 1.82) is 0 Å². The maximum absolute atomic E-state index is 13.9. The second-order valence-corrected chi connectivity index (χ2v) is 6.91. The lowest BCUT2D eigenvalue weighted by atomic mass is 9.93. The van der Waals surface area contributed by atoms with E-state index in [0.717, 1.165) is 5.01 Å². The first-order valence-electron chi connectivity index (χ1n) is 7.82. The van der Waals surface area contributed by atoms with Crippen molar-refractivity contribution < 1.29 is 22.9 Å². The summed E-state index contributed by atoms with van der Waals surface area (Å²) in [4.78, 5) is 22.3. The van der Waals surface area contributed by atoms with Gasteiger partial charge in [-0.05, 0) is 36.2 Å². The number of non-ortho nitro benzene ring substituents is 1. The van der Waals surface area contributed by atoms with Crippen molar-refractivity contribution in [3.8, 4) is 0 Å². The van der Waals surface area contributed by atoms with Gasteiger partial charge in [0.25, 0.3) is 5.69 Å². The Kier molecular flexibility index (Phi) is 4.14. The summed E-state index contributed by atoms with van der Waals surface area (Å²) in [5.74, 6) is -0.484. The molecule has 26 heavy (non-hydrogen) atoms. The molecule has 0 bridgehead atoms. The number of amides is 1. The Balaban J connectivity index is 2.14. The number of nitro groups is 1. The van der Waals surface area contributed by atoms with Gasteiger partial charge in [-0.3, -0.25) is 20.3 Å². The van der Waals surface area contributed by atoms with Crippen LogP contribution in [-0.2, 0) is 4.79 Å². The summed E-state index contributed by atoms with van der Waals surface area (Å²) in [6, 6.07) is 5.92. The minimum absolute atomic E-state index is 0.0668. The topological polar surface area (TPSA) is 75.5 Å². The van der Waals surface area contributed by atoms with E-state index in [2.05, 4.69) is 5.43 Å². The van der Waals surface area contributed by atoms with E-state index in [1.165, 1.54) is 36.4 Å². The molecular weight excluding hydrogens is 351 g/mol. The highest BCUT2D eigenvalue weighted by atomic mass is 19.4. The van der Waals surface area contributed by atoms with Crippen LogP contribution in [0.15, 0.2) is 36.4 Å². The largest absolute Gasteiger partial charge is 0.409 e. The molecule has 0 unspecified atom stereocenters. The first kappa shape index (κ1) is 18.1. The van der Waals surface area contributed by atoms with Crippen LogP contribution in [0.4, 0.5) is 18.9 Å². The summed E-state index contributed by atoms with van der Waals surface area (Å²) in [6.07, 6.45) is -4.65. The number of carbonyl (C=O) groups is 1. The number of hydrogen-bond donors (Lipinski definition) is 1. The molecule has 1 heterocycles. The van der Waals surface area contributed by atoms with Crippen molar-refractivity contribution in [2.24, 2.45) is 5.41 Å². The van der Waals surface area contributed by atoms with Gasteiger partial charge in [-0.15, -0.1) is 0 Å². The predicted octanol–water partition coefficient (Wildman–Crippen LogP) is 3.72. The Morgan fingerprint density at radius 1 is 1.27 bits per heavy atom. The number of nitrogens with zero attached hydrogens (tertiary/aromatic N) is 2. The summed E-state index contributed by atoms with van der Waals surface area (Å²) in [5.41, 5.74) is 1.09. The summed E-state index contributed by atoms with van der Waals surface area (Å²) in [7, 11) is 0. The molecule has 3 rings (SSSR count). The number of alkyl halides is 3. The zero-order chi connectivity index (χ0) is 19.3. The number of hydrogen-bond acceptors (Lipinski definition) is 4. The lowest BCUT2D eigenvalue weighted by molar-refractivity contribution is -0.384. The van der Waals surface area contributed by atoms with E-state index in [0.29, 0.717) is 5.39 Å². The first-order valence-corrected chi connectivity index (χ1v) is 7.82. The SMILES string of the molecule is CC1(C)CN([C@@H](c2cccc3cc([N+](=O)[O-])ccc23)C(F)(F)F)NC1=O. The fourth-order valence-electron chi connectivity index (χ4n) is 3.14. The number of nitro benzene ring substituents is 1. The van der Waals surface area contributed by atoms with Crippen LogP contribution in [0, 0.1) is 15.5 Å².